The molecule has 1 aromatic heterocycles. The van der Waals surface area contributed by atoms with Gasteiger partial charge < -0.3 is 37.2 Å². The molecule has 0 spiro atoms. The number of aromatic nitrogens is 1. The molecule has 7 heteroatoms. The molecule has 1 N–H and O–H groups in total. The maximum absolute atomic E-state index is 5.65. The smallest absolute Gasteiger partial charge is 1.00 e. The van der Waals surface area contributed by atoms with E-state index in [0.717, 1.165) is 3.40 Å². The van der Waals surface area contributed by atoms with E-state index in [1.54, 1.807) is 6.20 Å². The van der Waals surface area contributed by atoms with Crippen LogP contribution in [0.15, 0.2) is 6.20 Å². The fraction of sp³-hybridized carbons (Fsp3) is 0. The van der Waals surface area contributed by atoms with Gasteiger partial charge in [0.05, 0.1) is 0 Å². The van der Waals surface area contributed by atoms with Crippen LogP contribution in [0.5, 0.6) is 0 Å². The third-order valence-corrected chi connectivity index (χ3v) is 2.92. The topological polar surface area (TPSA) is 15.8 Å². The molecule has 1 heterocycles. The van der Waals surface area contributed by atoms with E-state index < -0.39 is 0 Å². The Balaban J connectivity index is -0.000000213. The van der Waals surface area contributed by atoms with E-state index in [0.29, 0.717) is 10.0 Å². The van der Waals surface area contributed by atoms with Crippen molar-refractivity contribution in [3.63, 3.8) is 0 Å². The number of hydrogen-bond acceptors (Lipinski definition) is 0. The van der Waals surface area contributed by atoms with Gasteiger partial charge in [0, 0.05) is 0 Å². The molecule has 0 aliphatic rings. The third-order valence-electron chi connectivity index (χ3n) is 0.772. The summed E-state index contributed by atoms with van der Waals surface area (Å²) in [5.74, 6) is 0. The summed E-state index contributed by atoms with van der Waals surface area (Å²) in [5, 5.41) is 1.27. The van der Waals surface area contributed by atoms with Gasteiger partial charge in [0.2, 0.25) is 0 Å². The van der Waals surface area contributed by atoms with Gasteiger partial charge in [-0.05, 0) is 0 Å². The van der Waals surface area contributed by atoms with Crippen molar-refractivity contribution >= 4 is 26.6 Å². The van der Waals surface area contributed by atoms with E-state index in [1.165, 1.54) is 24.7 Å². The van der Waals surface area contributed by atoms with Crippen LogP contribution in [-0.4, -0.2) is 4.98 Å². The Labute approximate surface area is 109 Å². The van der Waals surface area contributed by atoms with Crippen LogP contribution >= 0.6 is 23.2 Å². The number of hydrogen-bond donors (Lipinski definition) is 1. The van der Waals surface area contributed by atoms with Crippen LogP contribution in [0.1, 0.15) is 0 Å². The van der Waals surface area contributed by atoms with Gasteiger partial charge in [-0.3, -0.25) is 0 Å². The molecule has 0 aliphatic carbocycles. The van der Waals surface area contributed by atoms with Gasteiger partial charge >= 0.3 is 72.5 Å². The summed E-state index contributed by atoms with van der Waals surface area (Å²) >= 11 is 12.5. The third kappa shape index (κ3) is 5.03. The van der Waals surface area contributed by atoms with Crippen molar-refractivity contribution in [3.8, 4) is 0 Å². The SMILES string of the molecule is Clc1c[nH][c]([Zr+3])c1Cl.[Cl-].[Cl-].[Cl-]. The summed E-state index contributed by atoms with van der Waals surface area (Å²) < 4.78 is 1.00. The van der Waals surface area contributed by atoms with Crippen LogP contribution in [0.2, 0.25) is 10.0 Å². The van der Waals surface area contributed by atoms with E-state index in [9.17, 15) is 0 Å². The Morgan fingerprint density at radius 2 is 1.64 bits per heavy atom. The Kier molecular flexibility index (Phi) is 13.8. The molecule has 0 radical (unpaired) electrons. The molecule has 0 aromatic carbocycles. The van der Waals surface area contributed by atoms with E-state index in [2.05, 4.69) is 4.98 Å². The van der Waals surface area contributed by atoms with Gasteiger partial charge in [0.1, 0.15) is 0 Å². The van der Waals surface area contributed by atoms with E-state index >= 15 is 0 Å². The second-order valence-corrected chi connectivity index (χ2v) is 3.34. The van der Waals surface area contributed by atoms with Crippen molar-refractivity contribution in [1.82, 2.24) is 4.98 Å². The zero-order valence-electron chi connectivity index (χ0n) is 4.97. The van der Waals surface area contributed by atoms with Crippen molar-refractivity contribution in [3.05, 3.63) is 16.2 Å². The molecule has 0 bridgehead atoms. The summed E-state index contributed by atoms with van der Waals surface area (Å²) in [4.78, 5) is 2.91. The number of aromatic amines is 1. The normalized spacial score (nSPS) is 7.27. The minimum atomic E-state index is 0. The molecule has 11 heavy (non-hydrogen) atoms. The quantitative estimate of drug-likeness (QED) is 0.486. The van der Waals surface area contributed by atoms with Gasteiger partial charge in [0.15, 0.2) is 0 Å². The maximum atomic E-state index is 5.65. The Hall–Kier alpha value is 1.61. The number of rotatable bonds is 0. The predicted octanol–water partition coefficient (Wildman–Crippen LogP) is -7.49. The molecule has 0 aliphatic heterocycles. The average Bonchev–Trinajstić information content (AvgIpc) is 1.98. The Bertz CT molecular complexity index is 181. The Morgan fingerprint density at radius 3 is 1.73 bits per heavy atom. The van der Waals surface area contributed by atoms with Crippen LogP contribution in [-0.2, 0) is 24.7 Å². The summed E-state index contributed by atoms with van der Waals surface area (Å²) in [6, 6.07) is 0. The van der Waals surface area contributed by atoms with Crippen LogP contribution in [0.3, 0.4) is 0 Å². The first-order chi connectivity index (χ1) is 3.72. The molecule has 1 rings (SSSR count). The molecule has 0 unspecified atom stereocenters. The molecular formula is C4H2Cl5NZr. The fourth-order valence-electron chi connectivity index (χ4n) is 0.382. The van der Waals surface area contributed by atoms with Gasteiger partial charge in [-0.15, -0.1) is 0 Å². The summed E-state index contributed by atoms with van der Waals surface area (Å²) in [6.45, 7) is 0. The van der Waals surface area contributed by atoms with Crippen molar-refractivity contribution < 1.29 is 61.9 Å². The van der Waals surface area contributed by atoms with Crippen molar-refractivity contribution in [1.29, 1.82) is 0 Å². The minimum Gasteiger partial charge on any atom is -1.00 e. The number of halogens is 5. The summed E-state index contributed by atoms with van der Waals surface area (Å²) in [6.07, 6.45) is 1.69. The first-order valence-electron chi connectivity index (χ1n) is 1.96. The zero-order valence-corrected chi connectivity index (χ0v) is 11.2. The number of nitrogens with one attached hydrogen (secondary N) is 1. The van der Waals surface area contributed by atoms with Gasteiger partial charge in [-0.2, -0.15) is 0 Å². The van der Waals surface area contributed by atoms with Gasteiger partial charge in [-0.25, -0.2) is 0 Å². The standard InChI is InChI=1S/C4H2Cl2N.3ClH.Zr/c5-3-1-7-2-4(3)6;;;;/h1,7H;3*1H;/q;;;;+3/p-3. The van der Waals surface area contributed by atoms with Crippen molar-refractivity contribution in [2.45, 2.75) is 0 Å². The summed E-state index contributed by atoms with van der Waals surface area (Å²) in [7, 11) is 0. The first-order valence-corrected chi connectivity index (χ1v) is 3.94. The van der Waals surface area contributed by atoms with E-state index in [-0.39, 0.29) is 37.2 Å². The largest absolute Gasteiger partial charge is 1.00 e. The molecule has 0 saturated heterocycles. The first kappa shape index (κ1) is 18.4. The van der Waals surface area contributed by atoms with Gasteiger partial charge in [-0.1, -0.05) is 0 Å². The molecule has 1 aromatic rings. The monoisotopic (exact) mass is 329 g/mol. The molecule has 0 atom stereocenters. The molecule has 0 fully saturated rings. The van der Waals surface area contributed by atoms with Gasteiger partial charge in [0.25, 0.3) is 0 Å². The van der Waals surface area contributed by atoms with Crippen molar-refractivity contribution in [2.24, 2.45) is 0 Å². The predicted molar refractivity (Wildman–Crippen MR) is 30.4 cm³/mol. The summed E-state index contributed by atoms with van der Waals surface area (Å²) in [5.41, 5.74) is 0. The zero-order chi connectivity index (χ0) is 6.15. The molecular weight excluding hydrogens is 331 g/mol. The van der Waals surface area contributed by atoms with E-state index in [1.807, 2.05) is 0 Å². The van der Waals surface area contributed by atoms with Crippen LogP contribution < -0.4 is 40.6 Å². The Morgan fingerprint density at radius 1 is 1.18 bits per heavy atom. The maximum Gasteiger partial charge on any atom is -1.00 e. The molecule has 0 amide bonds. The van der Waals surface area contributed by atoms with Crippen molar-refractivity contribution in [2.75, 3.05) is 0 Å². The minimum absolute atomic E-state index is 0. The molecule has 1 nitrogen and oxygen atoms in total. The average molecular weight is 333 g/mol. The van der Waals surface area contributed by atoms with Crippen LogP contribution in [0.25, 0.3) is 0 Å². The van der Waals surface area contributed by atoms with E-state index in [4.69, 9.17) is 23.2 Å². The fourth-order valence-corrected chi connectivity index (χ4v) is 1.34. The molecule has 62 valence electrons. The van der Waals surface area contributed by atoms with Crippen LogP contribution in [0, 0.1) is 0 Å². The second-order valence-electron chi connectivity index (χ2n) is 1.33. The second kappa shape index (κ2) is 8.22. The number of H-pyrrole nitrogens is 1. The van der Waals surface area contributed by atoms with Crippen LogP contribution in [0.4, 0.5) is 0 Å². The molecule has 0 saturated carbocycles.